The predicted molar refractivity (Wildman–Crippen MR) is 270 cm³/mol. The smallest absolute Gasteiger partial charge is 0.407 e. The number of esters is 1. The lowest BCUT2D eigenvalue weighted by atomic mass is 9.98. The van der Waals surface area contributed by atoms with Crippen molar-refractivity contribution in [3.8, 4) is 11.1 Å². The summed E-state index contributed by atoms with van der Waals surface area (Å²) in [6.07, 6.45) is 2.48. The number of allylic oxidation sites excluding steroid dienone is 1. The topological polar surface area (TPSA) is 283 Å². The van der Waals surface area contributed by atoms with Crippen LogP contribution in [0.2, 0.25) is 0 Å². The normalized spacial score (nSPS) is 16.6. The van der Waals surface area contributed by atoms with Crippen LogP contribution in [0.3, 0.4) is 0 Å². The van der Waals surface area contributed by atoms with Crippen molar-refractivity contribution in [3.05, 3.63) is 101 Å². The summed E-state index contributed by atoms with van der Waals surface area (Å²) in [6, 6.07) is 17.4. The van der Waals surface area contributed by atoms with Crippen LogP contribution in [0.5, 0.6) is 0 Å². The molecule has 3 aromatic carbocycles. The minimum Gasteiger partial charge on any atom is -0.460 e. The molecule has 0 bridgehead atoms. The van der Waals surface area contributed by atoms with Crippen molar-refractivity contribution in [2.45, 2.75) is 128 Å². The molecular weight excluding hydrogens is 923 g/mol. The Labute approximate surface area is 419 Å². The van der Waals surface area contributed by atoms with Crippen molar-refractivity contribution in [2.24, 2.45) is 16.5 Å². The van der Waals surface area contributed by atoms with E-state index in [1.807, 2.05) is 78.9 Å². The van der Waals surface area contributed by atoms with E-state index in [0.29, 0.717) is 31.5 Å². The Bertz CT molecular complexity index is 2540. The largest absolute Gasteiger partial charge is 0.460 e. The summed E-state index contributed by atoms with van der Waals surface area (Å²) < 4.78 is 11.2. The standard InChI is InChI=1S/C53H67N9O10/c1-6-40(47(55)65)59-50(68)44-22-14-26-62(44)51(69)43(27-33-24-23-32-15-7-8-16-34(32)33)60-49(67)42(28-46(64)72-53(3,4)5)58-45(63)29-57-48(66)41(21-13-25-56-31(2)54)61-52(70)71-30-39-37-19-11-9-17-35(37)36-18-10-12-20-38(36)39/h7-12,15-20,24,39-44H,6,13-14,21-23,25-30H2,1-5H3,(H2,54,56)(H2,55,65)(H,57,66)(H,58,63)(H,59,68)(H,60,67)(H,61,70)/t40-,41-,42-,43?,44?/m0/s1. The van der Waals surface area contributed by atoms with E-state index in [0.717, 1.165) is 39.0 Å². The molecule has 0 radical (unpaired) electrons. The molecule has 1 heterocycles. The minimum atomic E-state index is -1.60. The number of nitrogens with two attached hydrogens (primary N) is 2. The number of rotatable bonds is 22. The van der Waals surface area contributed by atoms with Crippen LogP contribution in [-0.2, 0) is 49.5 Å². The predicted octanol–water partition coefficient (Wildman–Crippen LogP) is 3.27. The first kappa shape index (κ1) is 53.8. The number of amides is 7. The number of benzene rings is 3. The molecule has 0 saturated carbocycles. The summed E-state index contributed by atoms with van der Waals surface area (Å²) in [5, 5.41) is 13.1. The van der Waals surface area contributed by atoms with Gasteiger partial charge in [-0.25, -0.2) is 4.79 Å². The van der Waals surface area contributed by atoms with Crippen molar-refractivity contribution in [1.29, 1.82) is 0 Å². The fourth-order valence-electron chi connectivity index (χ4n) is 9.28. The van der Waals surface area contributed by atoms with Crippen LogP contribution in [0, 0.1) is 0 Å². The highest BCUT2D eigenvalue weighted by Crippen LogP contribution is 2.44. The molecule has 1 saturated heterocycles. The summed E-state index contributed by atoms with van der Waals surface area (Å²) in [6.45, 7) is 7.99. The molecule has 6 rings (SSSR count). The van der Waals surface area contributed by atoms with Crippen molar-refractivity contribution >= 4 is 58.9 Å². The van der Waals surface area contributed by atoms with E-state index in [1.165, 1.54) is 4.90 Å². The highest BCUT2D eigenvalue weighted by Gasteiger charge is 2.40. The fraction of sp³-hybridized carbons (Fsp3) is 0.453. The van der Waals surface area contributed by atoms with Crippen LogP contribution in [0.15, 0.2) is 83.9 Å². The third-order valence-corrected chi connectivity index (χ3v) is 12.7. The number of carbonyl (C=O) groups is 8. The van der Waals surface area contributed by atoms with E-state index in [4.69, 9.17) is 20.9 Å². The van der Waals surface area contributed by atoms with Gasteiger partial charge >= 0.3 is 12.1 Å². The summed E-state index contributed by atoms with van der Waals surface area (Å²) in [5.41, 5.74) is 17.0. The van der Waals surface area contributed by atoms with Crippen LogP contribution in [0.25, 0.3) is 16.7 Å². The van der Waals surface area contributed by atoms with Gasteiger partial charge in [-0.3, -0.25) is 38.6 Å². The molecule has 1 aliphatic heterocycles. The van der Waals surface area contributed by atoms with Gasteiger partial charge in [0.2, 0.25) is 35.4 Å². The molecule has 384 valence electrons. The number of nitrogens with zero attached hydrogens (tertiary/aromatic N) is 2. The second-order valence-corrected chi connectivity index (χ2v) is 19.2. The Morgan fingerprint density at radius 3 is 2.08 bits per heavy atom. The lowest BCUT2D eigenvalue weighted by molar-refractivity contribution is -0.156. The number of nitrogens with one attached hydrogen (secondary N) is 5. The zero-order valence-corrected chi connectivity index (χ0v) is 41.6. The Balaban J connectivity index is 1.16. The van der Waals surface area contributed by atoms with Crippen molar-refractivity contribution in [3.63, 3.8) is 0 Å². The molecule has 7 amide bonds. The maximum Gasteiger partial charge on any atom is 0.407 e. The number of fused-ring (bicyclic) bond motifs is 4. The van der Waals surface area contributed by atoms with Gasteiger partial charge in [0.15, 0.2) is 0 Å². The zero-order chi connectivity index (χ0) is 52.1. The maximum atomic E-state index is 14.6. The van der Waals surface area contributed by atoms with E-state index < -0.39 is 96.3 Å². The van der Waals surface area contributed by atoms with E-state index in [2.05, 4.69) is 31.6 Å². The molecule has 9 N–H and O–H groups in total. The first-order valence-electron chi connectivity index (χ1n) is 24.5. The summed E-state index contributed by atoms with van der Waals surface area (Å²) in [7, 11) is 0. The number of aliphatic imine (C=N–C) groups is 1. The number of primary amides is 1. The number of ether oxygens (including phenoxy) is 2. The monoisotopic (exact) mass is 990 g/mol. The first-order valence-corrected chi connectivity index (χ1v) is 24.5. The Morgan fingerprint density at radius 1 is 0.792 bits per heavy atom. The number of likely N-dealkylation sites (tertiary alicyclic amines) is 1. The van der Waals surface area contributed by atoms with E-state index >= 15 is 0 Å². The van der Waals surface area contributed by atoms with Gasteiger partial charge in [-0.15, -0.1) is 0 Å². The third-order valence-electron chi connectivity index (χ3n) is 12.7. The Kier molecular flexibility index (Phi) is 18.3. The van der Waals surface area contributed by atoms with Crippen LogP contribution >= 0.6 is 0 Å². The Morgan fingerprint density at radius 2 is 1.44 bits per heavy atom. The molecule has 1 fully saturated rings. The fourth-order valence-corrected chi connectivity index (χ4v) is 9.28. The van der Waals surface area contributed by atoms with E-state index in [-0.39, 0.29) is 44.9 Å². The van der Waals surface area contributed by atoms with Gasteiger partial charge in [-0.1, -0.05) is 85.8 Å². The molecule has 2 unspecified atom stereocenters. The van der Waals surface area contributed by atoms with Gasteiger partial charge in [-0.05, 0) is 105 Å². The van der Waals surface area contributed by atoms with Gasteiger partial charge in [0.25, 0.3) is 0 Å². The second-order valence-electron chi connectivity index (χ2n) is 19.2. The van der Waals surface area contributed by atoms with Crippen LogP contribution in [0.4, 0.5) is 4.79 Å². The van der Waals surface area contributed by atoms with Gasteiger partial charge in [0.1, 0.15) is 42.4 Å². The van der Waals surface area contributed by atoms with Crippen LogP contribution < -0.4 is 38.1 Å². The maximum absolute atomic E-state index is 14.6. The van der Waals surface area contributed by atoms with Gasteiger partial charge in [-0.2, -0.15) is 0 Å². The molecule has 0 aromatic heterocycles. The molecule has 2 aliphatic carbocycles. The van der Waals surface area contributed by atoms with Crippen molar-refractivity contribution in [1.82, 2.24) is 31.5 Å². The third kappa shape index (κ3) is 14.3. The highest BCUT2D eigenvalue weighted by molar-refractivity contribution is 5.98. The number of hydrogen-bond donors (Lipinski definition) is 7. The zero-order valence-electron chi connectivity index (χ0n) is 41.6. The molecule has 19 nitrogen and oxygen atoms in total. The first-order chi connectivity index (χ1) is 34.3. The molecule has 0 spiro atoms. The SMILES string of the molecule is CC[C@H](NC(=O)C1CCCN1C(=O)C(CC1=CCc2ccccc21)NC(=O)[C@H](CC(=O)OC(C)(C)C)NC(=O)CNC(=O)[C@H](CCCN=C(C)N)NC(=O)OCC1c2ccccc2-c2ccccc21)C(N)=O. The quantitative estimate of drug-likeness (QED) is 0.0332. The molecule has 72 heavy (non-hydrogen) atoms. The summed E-state index contributed by atoms with van der Waals surface area (Å²) in [4.78, 5) is 114. The molecular formula is C53H67N9O10. The molecule has 3 aromatic rings. The molecule has 5 atom stereocenters. The summed E-state index contributed by atoms with van der Waals surface area (Å²) >= 11 is 0. The van der Waals surface area contributed by atoms with Crippen molar-refractivity contribution < 1.29 is 47.8 Å². The second kappa shape index (κ2) is 24.5. The van der Waals surface area contributed by atoms with E-state index in [9.17, 15) is 38.4 Å². The molecule has 19 heteroatoms. The number of hydrogen-bond acceptors (Lipinski definition) is 11. The minimum absolute atomic E-state index is 0.00266. The van der Waals surface area contributed by atoms with Crippen molar-refractivity contribution in [2.75, 3.05) is 26.2 Å². The van der Waals surface area contributed by atoms with Crippen LogP contribution in [-0.4, -0.2) is 120 Å². The lowest BCUT2D eigenvalue weighted by Gasteiger charge is -2.31. The number of alkyl carbamates (subject to hydrolysis) is 1. The van der Waals surface area contributed by atoms with Crippen LogP contribution in [0.1, 0.15) is 108 Å². The van der Waals surface area contributed by atoms with Gasteiger partial charge in [0.05, 0.1) is 18.8 Å². The number of carbonyl (C=O) groups excluding carboxylic acids is 8. The highest BCUT2D eigenvalue weighted by atomic mass is 16.6. The van der Waals surface area contributed by atoms with E-state index in [1.54, 1.807) is 34.6 Å². The Hall–Kier alpha value is -7.57. The van der Waals surface area contributed by atoms with Gasteiger partial charge < -0.3 is 52.4 Å². The lowest BCUT2D eigenvalue weighted by Crippen LogP contribution is -2.58. The van der Waals surface area contributed by atoms with Gasteiger partial charge in [0, 0.05) is 25.4 Å². The average molecular weight is 990 g/mol. The summed E-state index contributed by atoms with van der Waals surface area (Å²) in [5.74, 6) is -5.10. The average Bonchev–Trinajstić information content (AvgIpc) is 4.08. The molecule has 3 aliphatic rings. The number of amidine groups is 1.